The molecule has 0 saturated carbocycles. The van der Waals surface area contributed by atoms with E-state index >= 15 is 0 Å². The molecule has 1 rings (SSSR count). The summed E-state index contributed by atoms with van der Waals surface area (Å²) in [5, 5.41) is 2.70. The predicted octanol–water partition coefficient (Wildman–Crippen LogP) is 5.10. The summed E-state index contributed by atoms with van der Waals surface area (Å²) in [6.07, 6.45) is -4.71. The minimum absolute atomic E-state index is 0.0970. The number of alkyl halides is 3. The molecular formula is C16H22BrF3N2O. The van der Waals surface area contributed by atoms with Crippen molar-refractivity contribution in [2.75, 3.05) is 6.54 Å². The number of hydrogen-bond acceptors (Lipinski definition) is 1. The molecule has 0 saturated heterocycles. The molecule has 1 aromatic rings. The molecule has 0 aliphatic heterocycles. The Kier molecular flexibility index (Phi) is 7.88. The van der Waals surface area contributed by atoms with Crippen LogP contribution in [0.15, 0.2) is 28.7 Å². The topological polar surface area (TPSA) is 32.3 Å². The van der Waals surface area contributed by atoms with Gasteiger partial charge in [0, 0.05) is 30.0 Å². The number of nitrogens with one attached hydrogen (secondary N) is 1. The lowest BCUT2D eigenvalue weighted by Gasteiger charge is -2.25. The smallest absolute Gasteiger partial charge is 0.335 e. The highest BCUT2D eigenvalue weighted by Gasteiger charge is 2.28. The molecule has 0 heterocycles. The maximum absolute atomic E-state index is 12.3. The second-order valence-electron chi connectivity index (χ2n) is 5.35. The molecule has 0 spiro atoms. The van der Waals surface area contributed by atoms with Gasteiger partial charge in [0.05, 0.1) is 0 Å². The number of nitrogens with zero attached hydrogens (tertiary/aromatic N) is 1. The van der Waals surface area contributed by atoms with Gasteiger partial charge in [-0.2, -0.15) is 13.2 Å². The largest absolute Gasteiger partial charge is 0.389 e. The van der Waals surface area contributed by atoms with E-state index in [2.05, 4.69) is 21.2 Å². The van der Waals surface area contributed by atoms with Crippen LogP contribution in [0.25, 0.3) is 0 Å². The SMILES string of the molecule is CCC(CCC(F)(F)F)NC(=O)N(CC)Cc1cccc(Br)c1. The Hall–Kier alpha value is -1.24. The second-order valence-corrected chi connectivity index (χ2v) is 6.27. The molecule has 0 aliphatic rings. The first-order chi connectivity index (χ1) is 10.7. The Balaban J connectivity index is 2.61. The van der Waals surface area contributed by atoms with Crippen LogP contribution in [0.4, 0.5) is 18.0 Å². The number of rotatable bonds is 7. The summed E-state index contributed by atoms with van der Waals surface area (Å²) in [7, 11) is 0. The zero-order chi connectivity index (χ0) is 17.5. The molecule has 1 unspecified atom stereocenters. The molecule has 1 N–H and O–H groups in total. The number of benzene rings is 1. The molecule has 130 valence electrons. The molecule has 0 bridgehead atoms. The maximum atomic E-state index is 12.3. The van der Waals surface area contributed by atoms with E-state index < -0.39 is 18.6 Å². The maximum Gasteiger partial charge on any atom is 0.389 e. The molecule has 1 atom stereocenters. The molecule has 0 radical (unpaired) electrons. The van der Waals surface area contributed by atoms with E-state index in [1.54, 1.807) is 11.8 Å². The summed E-state index contributed by atoms with van der Waals surface area (Å²) in [5.74, 6) is 0. The molecule has 2 amide bonds. The van der Waals surface area contributed by atoms with Crippen LogP contribution < -0.4 is 5.32 Å². The molecule has 1 aromatic carbocycles. The Morgan fingerprint density at radius 2 is 2.04 bits per heavy atom. The van der Waals surface area contributed by atoms with E-state index in [1.807, 2.05) is 31.2 Å². The van der Waals surface area contributed by atoms with Gasteiger partial charge in [0.1, 0.15) is 0 Å². The monoisotopic (exact) mass is 394 g/mol. The number of carbonyl (C=O) groups is 1. The highest BCUT2D eigenvalue weighted by Crippen LogP contribution is 2.23. The van der Waals surface area contributed by atoms with Crippen LogP contribution in [0.3, 0.4) is 0 Å². The van der Waals surface area contributed by atoms with Gasteiger partial charge >= 0.3 is 12.2 Å². The number of urea groups is 1. The van der Waals surface area contributed by atoms with Crippen LogP contribution in [0.1, 0.15) is 38.7 Å². The van der Waals surface area contributed by atoms with Crippen molar-refractivity contribution in [2.45, 2.75) is 51.9 Å². The van der Waals surface area contributed by atoms with Crippen molar-refractivity contribution in [3.05, 3.63) is 34.3 Å². The van der Waals surface area contributed by atoms with Gasteiger partial charge in [-0.3, -0.25) is 0 Å². The van der Waals surface area contributed by atoms with Crippen LogP contribution in [0, 0.1) is 0 Å². The van der Waals surface area contributed by atoms with E-state index in [1.165, 1.54) is 0 Å². The summed E-state index contributed by atoms with van der Waals surface area (Å²) < 4.78 is 37.9. The van der Waals surface area contributed by atoms with Gasteiger partial charge in [-0.25, -0.2) is 4.79 Å². The number of halogens is 4. The lowest BCUT2D eigenvalue weighted by atomic mass is 10.1. The average Bonchev–Trinajstić information content (AvgIpc) is 2.48. The standard InChI is InChI=1S/C16H22BrF3N2O/c1-3-14(8-9-16(18,19)20)21-15(23)22(4-2)11-12-6-5-7-13(17)10-12/h5-7,10,14H,3-4,8-9,11H2,1-2H3,(H,21,23). The average molecular weight is 395 g/mol. The van der Waals surface area contributed by atoms with E-state index in [9.17, 15) is 18.0 Å². The third kappa shape index (κ3) is 7.72. The minimum atomic E-state index is -4.20. The zero-order valence-corrected chi connectivity index (χ0v) is 14.9. The second kappa shape index (κ2) is 9.15. The minimum Gasteiger partial charge on any atom is -0.335 e. The van der Waals surface area contributed by atoms with Gasteiger partial charge in [-0.15, -0.1) is 0 Å². The molecule has 0 fully saturated rings. The van der Waals surface area contributed by atoms with Crippen molar-refractivity contribution >= 4 is 22.0 Å². The molecule has 3 nitrogen and oxygen atoms in total. The quantitative estimate of drug-likeness (QED) is 0.685. The van der Waals surface area contributed by atoms with Gasteiger partial charge in [0.2, 0.25) is 0 Å². The van der Waals surface area contributed by atoms with E-state index in [0.717, 1.165) is 10.0 Å². The van der Waals surface area contributed by atoms with Gasteiger partial charge < -0.3 is 10.2 Å². The fraction of sp³-hybridized carbons (Fsp3) is 0.562. The summed E-state index contributed by atoms with van der Waals surface area (Å²) in [4.78, 5) is 13.9. The molecular weight excluding hydrogens is 373 g/mol. The summed E-state index contributed by atoms with van der Waals surface area (Å²) >= 11 is 3.38. The first-order valence-corrected chi connectivity index (χ1v) is 8.41. The number of hydrogen-bond donors (Lipinski definition) is 1. The van der Waals surface area contributed by atoms with E-state index in [0.29, 0.717) is 19.5 Å². The van der Waals surface area contributed by atoms with E-state index in [4.69, 9.17) is 0 Å². The number of amides is 2. The first kappa shape index (κ1) is 19.8. The van der Waals surface area contributed by atoms with Gasteiger partial charge in [0.25, 0.3) is 0 Å². The Bertz CT molecular complexity index is 508. The summed E-state index contributed by atoms with van der Waals surface area (Å²) in [6, 6.07) is 6.79. The summed E-state index contributed by atoms with van der Waals surface area (Å²) in [5.41, 5.74) is 0.958. The van der Waals surface area contributed by atoms with Gasteiger partial charge in [-0.05, 0) is 37.5 Å². The fourth-order valence-electron chi connectivity index (χ4n) is 2.17. The van der Waals surface area contributed by atoms with Gasteiger partial charge in [0.15, 0.2) is 0 Å². The van der Waals surface area contributed by atoms with Crippen molar-refractivity contribution in [3.63, 3.8) is 0 Å². The van der Waals surface area contributed by atoms with Crippen LogP contribution in [-0.4, -0.2) is 29.7 Å². The normalized spacial score (nSPS) is 12.8. The zero-order valence-electron chi connectivity index (χ0n) is 13.3. The van der Waals surface area contributed by atoms with Crippen LogP contribution in [-0.2, 0) is 6.54 Å². The van der Waals surface area contributed by atoms with Crippen LogP contribution in [0.5, 0.6) is 0 Å². The number of carbonyl (C=O) groups excluding carboxylic acids is 1. The lowest BCUT2D eigenvalue weighted by Crippen LogP contribution is -2.44. The van der Waals surface area contributed by atoms with E-state index in [-0.39, 0.29) is 12.5 Å². The first-order valence-electron chi connectivity index (χ1n) is 7.61. The third-order valence-corrected chi connectivity index (χ3v) is 4.02. The Labute approximate surface area is 143 Å². The molecule has 0 aromatic heterocycles. The third-order valence-electron chi connectivity index (χ3n) is 3.53. The van der Waals surface area contributed by atoms with Crippen molar-refractivity contribution in [1.82, 2.24) is 10.2 Å². The lowest BCUT2D eigenvalue weighted by molar-refractivity contribution is -0.136. The predicted molar refractivity (Wildman–Crippen MR) is 88.1 cm³/mol. The molecule has 7 heteroatoms. The Morgan fingerprint density at radius 1 is 1.35 bits per heavy atom. The molecule has 23 heavy (non-hydrogen) atoms. The highest BCUT2D eigenvalue weighted by molar-refractivity contribution is 9.10. The Morgan fingerprint density at radius 3 is 2.57 bits per heavy atom. The van der Waals surface area contributed by atoms with Crippen molar-refractivity contribution < 1.29 is 18.0 Å². The van der Waals surface area contributed by atoms with Gasteiger partial charge in [-0.1, -0.05) is 35.0 Å². The molecule has 0 aliphatic carbocycles. The summed E-state index contributed by atoms with van der Waals surface area (Å²) in [6.45, 7) is 4.51. The van der Waals surface area contributed by atoms with Crippen LogP contribution in [0.2, 0.25) is 0 Å². The van der Waals surface area contributed by atoms with Crippen LogP contribution >= 0.6 is 15.9 Å². The van der Waals surface area contributed by atoms with Crippen molar-refractivity contribution in [3.8, 4) is 0 Å². The highest BCUT2D eigenvalue weighted by atomic mass is 79.9. The van der Waals surface area contributed by atoms with Crippen molar-refractivity contribution in [2.24, 2.45) is 0 Å². The van der Waals surface area contributed by atoms with Crippen molar-refractivity contribution in [1.29, 1.82) is 0 Å². The fourth-order valence-corrected chi connectivity index (χ4v) is 2.61.